The highest BCUT2D eigenvalue weighted by Crippen LogP contribution is 2.22. The lowest BCUT2D eigenvalue weighted by Gasteiger charge is -2.28. The molecule has 3 amide bonds. The molecule has 0 aromatic heterocycles. The first-order valence-corrected chi connectivity index (χ1v) is 15.6. The van der Waals surface area contributed by atoms with Crippen molar-refractivity contribution < 1.29 is 33.9 Å². The van der Waals surface area contributed by atoms with Gasteiger partial charge in [-0.1, -0.05) is 70.9 Å². The maximum absolute atomic E-state index is 13.5. The molecule has 0 saturated heterocycles. The number of benzene rings is 1. The first kappa shape index (κ1) is 38.6. The van der Waals surface area contributed by atoms with Crippen LogP contribution in [0.3, 0.4) is 0 Å². The number of ketones is 3. The van der Waals surface area contributed by atoms with Gasteiger partial charge in [-0.3, -0.25) is 28.8 Å². The van der Waals surface area contributed by atoms with Gasteiger partial charge in [-0.2, -0.15) is 0 Å². The molecule has 0 bridgehead atoms. The fourth-order valence-corrected chi connectivity index (χ4v) is 5.09. The van der Waals surface area contributed by atoms with Crippen LogP contribution in [0.1, 0.15) is 78.7 Å². The second-order valence-corrected chi connectivity index (χ2v) is 11.8. The van der Waals surface area contributed by atoms with Crippen molar-refractivity contribution in [3.63, 3.8) is 0 Å². The van der Waals surface area contributed by atoms with Crippen molar-refractivity contribution in [3.8, 4) is 0 Å². The highest BCUT2D eigenvalue weighted by atomic mass is 16.3. The van der Waals surface area contributed by atoms with Crippen LogP contribution in [0.15, 0.2) is 30.3 Å². The van der Waals surface area contributed by atoms with E-state index in [2.05, 4.69) is 16.0 Å². The molecule has 0 spiro atoms. The lowest BCUT2D eigenvalue weighted by molar-refractivity contribution is -0.136. The van der Waals surface area contributed by atoms with Crippen molar-refractivity contribution in [1.82, 2.24) is 16.0 Å². The molecule has 0 radical (unpaired) electrons. The number of amides is 3. The third-order valence-electron chi connectivity index (χ3n) is 8.50. The van der Waals surface area contributed by atoms with Gasteiger partial charge in [0.05, 0.1) is 30.7 Å². The molecule has 0 unspecified atom stereocenters. The Balaban J connectivity index is 3.07. The van der Waals surface area contributed by atoms with E-state index in [0.29, 0.717) is 19.3 Å². The number of carbonyl (C=O) groups is 6. The molecule has 1 aromatic rings. The second kappa shape index (κ2) is 19.8. The van der Waals surface area contributed by atoms with Crippen LogP contribution in [0.25, 0.3) is 0 Å². The Bertz CT molecular complexity index is 1110. The molecule has 11 nitrogen and oxygen atoms in total. The molecule has 1 rings (SSSR count). The van der Waals surface area contributed by atoms with E-state index >= 15 is 0 Å². The summed E-state index contributed by atoms with van der Waals surface area (Å²) in [6.07, 6.45) is 0.927. The minimum atomic E-state index is -1.20. The maximum Gasteiger partial charge on any atom is 0.238 e. The fraction of sp³-hybridized carbons (Fsp3) is 0.636. The number of nitrogens with two attached hydrogens (primary N) is 1. The fourth-order valence-electron chi connectivity index (χ4n) is 5.09. The van der Waals surface area contributed by atoms with Crippen molar-refractivity contribution in [2.75, 3.05) is 13.7 Å². The molecule has 1 aromatic carbocycles. The van der Waals surface area contributed by atoms with Gasteiger partial charge >= 0.3 is 0 Å². The monoisotopic (exact) mass is 616 g/mol. The summed E-state index contributed by atoms with van der Waals surface area (Å²) >= 11 is 0. The van der Waals surface area contributed by atoms with Gasteiger partial charge in [-0.25, -0.2) is 0 Å². The van der Waals surface area contributed by atoms with Gasteiger partial charge in [0, 0.05) is 25.2 Å². The molecule has 44 heavy (non-hydrogen) atoms. The number of Topliss-reactive ketones (excluding diaryl/α,β-unsaturated/α-hetero) is 3. The normalized spacial score (nSPS) is 16.0. The Hall–Kier alpha value is -3.44. The molecule has 0 aliphatic rings. The maximum atomic E-state index is 13.5. The summed E-state index contributed by atoms with van der Waals surface area (Å²) in [5, 5.41) is 18.5. The van der Waals surface area contributed by atoms with E-state index in [9.17, 15) is 33.9 Å². The van der Waals surface area contributed by atoms with Crippen molar-refractivity contribution in [2.24, 2.45) is 29.4 Å². The number of carbonyl (C=O) groups excluding carboxylic acids is 6. The van der Waals surface area contributed by atoms with Gasteiger partial charge < -0.3 is 26.8 Å². The van der Waals surface area contributed by atoms with Gasteiger partial charge in [0.1, 0.15) is 5.78 Å². The molecule has 7 atom stereocenters. The third kappa shape index (κ3) is 12.7. The number of hydrogen-bond acceptors (Lipinski definition) is 8. The van der Waals surface area contributed by atoms with Crippen LogP contribution in [0.5, 0.6) is 0 Å². The number of hydrogen-bond donors (Lipinski definition) is 5. The molecule has 6 N–H and O–H groups in total. The zero-order valence-electron chi connectivity index (χ0n) is 27.1. The van der Waals surface area contributed by atoms with E-state index in [1.54, 1.807) is 7.05 Å². The lowest BCUT2D eigenvalue weighted by atomic mass is 9.83. The molecule has 246 valence electrons. The average molecular weight is 617 g/mol. The number of likely N-dealkylation sites (N-methyl/N-ethyl adjacent to an activating group) is 1. The molecular weight excluding hydrogens is 564 g/mol. The van der Waals surface area contributed by atoms with E-state index in [1.807, 2.05) is 58.0 Å². The first-order chi connectivity index (χ1) is 20.8. The predicted molar refractivity (Wildman–Crippen MR) is 168 cm³/mol. The zero-order valence-corrected chi connectivity index (χ0v) is 27.1. The average Bonchev–Trinajstić information content (AvgIpc) is 3.00. The van der Waals surface area contributed by atoms with Gasteiger partial charge in [0.15, 0.2) is 11.6 Å². The Morgan fingerprint density at radius 1 is 0.841 bits per heavy atom. The Morgan fingerprint density at radius 3 is 1.95 bits per heavy atom. The quantitative estimate of drug-likeness (QED) is 0.131. The summed E-state index contributed by atoms with van der Waals surface area (Å²) in [7, 11) is 1.66. The molecule has 0 saturated carbocycles. The van der Waals surface area contributed by atoms with Gasteiger partial charge in [-0.05, 0) is 44.2 Å². The van der Waals surface area contributed by atoms with Crippen LogP contribution in [0.2, 0.25) is 0 Å². The van der Waals surface area contributed by atoms with E-state index in [1.165, 1.54) is 6.92 Å². The highest BCUT2D eigenvalue weighted by molar-refractivity contribution is 5.96. The van der Waals surface area contributed by atoms with Crippen molar-refractivity contribution in [3.05, 3.63) is 35.9 Å². The standard InChI is InChI=1S/C33H52N4O7/c1-7-20(3)25(22(5)39)18-28(40)26(14-15-30(34)42)36-32(43)24(19-38)17-29(41)31(21(4)8-2)37-33(44)27(35-6)16-23-12-10-9-11-13-23/h9-13,20-21,24-27,31,35,38H,7-8,14-19H2,1-6H3,(H2,34,42)(H,36,43)(H,37,44)/t20-,21-,24-,25+,26+,27+,31-/m0/s1. The van der Waals surface area contributed by atoms with Crippen LogP contribution >= 0.6 is 0 Å². The van der Waals surface area contributed by atoms with Gasteiger partial charge in [0.2, 0.25) is 17.7 Å². The van der Waals surface area contributed by atoms with Gasteiger partial charge in [-0.15, -0.1) is 0 Å². The number of nitrogens with one attached hydrogen (secondary N) is 3. The Morgan fingerprint density at radius 2 is 1.45 bits per heavy atom. The van der Waals surface area contributed by atoms with Crippen LogP contribution < -0.4 is 21.7 Å². The second-order valence-electron chi connectivity index (χ2n) is 11.8. The smallest absolute Gasteiger partial charge is 0.238 e. The summed E-state index contributed by atoms with van der Waals surface area (Å²) in [6, 6.07) is 6.84. The number of rotatable bonds is 22. The largest absolute Gasteiger partial charge is 0.396 e. The summed E-state index contributed by atoms with van der Waals surface area (Å²) in [4.78, 5) is 76.9. The summed E-state index contributed by atoms with van der Waals surface area (Å²) in [5.41, 5.74) is 6.24. The zero-order chi connectivity index (χ0) is 33.4. The van der Waals surface area contributed by atoms with Crippen molar-refractivity contribution >= 4 is 35.1 Å². The van der Waals surface area contributed by atoms with Crippen molar-refractivity contribution in [1.29, 1.82) is 0 Å². The van der Waals surface area contributed by atoms with Crippen LogP contribution in [-0.2, 0) is 35.2 Å². The van der Waals surface area contributed by atoms with Crippen molar-refractivity contribution in [2.45, 2.75) is 97.7 Å². The van der Waals surface area contributed by atoms with E-state index in [4.69, 9.17) is 5.73 Å². The Labute approximate surface area is 261 Å². The SMILES string of the molecule is CC[C@H](C)[C@H](NC(=O)[C@@H](Cc1ccccc1)NC)C(=O)C[C@@H](CO)C(=O)N[C@H](CCC(N)=O)C(=O)C[C@@H](C(C)=O)[C@@H](C)CC. The highest BCUT2D eigenvalue weighted by Gasteiger charge is 2.34. The topological polar surface area (TPSA) is 185 Å². The lowest BCUT2D eigenvalue weighted by Crippen LogP contribution is -2.53. The molecule has 0 aliphatic carbocycles. The number of aliphatic hydroxyl groups is 1. The van der Waals surface area contributed by atoms with Crippen LogP contribution in [0.4, 0.5) is 0 Å². The first-order valence-electron chi connectivity index (χ1n) is 15.6. The molecule has 0 heterocycles. The van der Waals surface area contributed by atoms with Gasteiger partial charge in [0.25, 0.3) is 0 Å². The predicted octanol–water partition coefficient (Wildman–Crippen LogP) is 1.88. The molecular formula is C33H52N4O7. The van der Waals surface area contributed by atoms with E-state index in [-0.39, 0.29) is 49.2 Å². The summed E-state index contributed by atoms with van der Waals surface area (Å²) < 4.78 is 0. The minimum absolute atomic E-state index is 0.0605. The van der Waals surface area contributed by atoms with E-state index in [0.717, 1.165) is 5.56 Å². The molecule has 0 fully saturated rings. The summed E-state index contributed by atoms with van der Waals surface area (Å²) in [6.45, 7) is 8.24. The molecule has 0 aliphatic heterocycles. The Kier molecular flexibility index (Phi) is 17.3. The van der Waals surface area contributed by atoms with E-state index < -0.39 is 59.9 Å². The third-order valence-corrected chi connectivity index (χ3v) is 8.50. The summed E-state index contributed by atoms with van der Waals surface area (Å²) in [5.74, 6) is -4.81. The molecule has 11 heteroatoms. The van der Waals surface area contributed by atoms with Crippen LogP contribution in [0, 0.1) is 23.7 Å². The van der Waals surface area contributed by atoms with Crippen LogP contribution in [-0.4, -0.2) is 72.0 Å². The minimum Gasteiger partial charge on any atom is -0.396 e. The number of aliphatic hydroxyl groups excluding tert-OH is 1. The number of primary amides is 1.